The van der Waals surface area contributed by atoms with Crippen molar-refractivity contribution in [3.05, 3.63) is 0 Å². The quantitative estimate of drug-likeness (QED) is 0.196. The molecule has 0 aliphatic rings. The topological polar surface area (TPSA) is 208 Å². The van der Waals surface area contributed by atoms with E-state index >= 15 is 0 Å². The maximum absolute atomic E-state index is 11.1. The highest BCUT2D eigenvalue weighted by Gasteiger charge is 2.13. The third kappa shape index (κ3) is 20.5. The molecule has 0 aromatic heterocycles. The number of aliphatic carboxylic acids is 2. The summed E-state index contributed by atoms with van der Waals surface area (Å²) in [5, 5.41) is 18.8. The van der Waals surface area contributed by atoms with Crippen LogP contribution < -0.4 is 28.3 Å². The van der Waals surface area contributed by atoms with Crippen molar-refractivity contribution in [3.8, 4) is 0 Å². The summed E-state index contributed by atoms with van der Waals surface area (Å²) in [6.07, 6.45) is 4.29. The lowest BCUT2D eigenvalue weighted by atomic mass is 10.1. The molecule has 0 rings (SSSR count). The number of rotatable bonds is 12. The van der Waals surface area contributed by atoms with E-state index in [1.807, 2.05) is 0 Å². The van der Waals surface area contributed by atoms with Crippen LogP contribution in [-0.2, 0) is 14.4 Å². The molecule has 10 nitrogen and oxygen atoms in total. The zero-order chi connectivity index (χ0) is 19.0. The number of carboxylic acid groups (broad SMARTS) is 2. The first-order chi connectivity index (χ1) is 11.3. The van der Waals surface area contributed by atoms with Gasteiger partial charge >= 0.3 is 11.9 Å². The fourth-order valence-corrected chi connectivity index (χ4v) is 1.57. The molecule has 0 aliphatic heterocycles. The summed E-state index contributed by atoms with van der Waals surface area (Å²) < 4.78 is 0. The fourth-order valence-electron chi connectivity index (χ4n) is 1.57. The van der Waals surface area contributed by atoms with Gasteiger partial charge in [-0.15, -0.1) is 12.4 Å². The number of hydrogen-bond donors (Lipinski definition) is 7. The van der Waals surface area contributed by atoms with E-state index in [-0.39, 0.29) is 19.0 Å². The minimum atomic E-state index is -1.08. The lowest BCUT2D eigenvalue weighted by molar-refractivity contribution is -0.139. The van der Waals surface area contributed by atoms with Gasteiger partial charge in [0.05, 0.1) is 6.04 Å². The number of amides is 1. The van der Waals surface area contributed by atoms with Crippen molar-refractivity contribution >= 4 is 30.3 Å². The van der Waals surface area contributed by atoms with E-state index in [4.69, 9.17) is 33.1 Å². The molecule has 0 fully saturated rings. The van der Waals surface area contributed by atoms with Crippen LogP contribution in [0.25, 0.3) is 0 Å². The maximum Gasteiger partial charge on any atom is 0.322 e. The summed E-state index contributed by atoms with van der Waals surface area (Å²) in [5.41, 5.74) is 21.2. The van der Waals surface area contributed by atoms with Crippen LogP contribution in [0.15, 0.2) is 0 Å². The van der Waals surface area contributed by atoms with E-state index in [0.717, 1.165) is 25.7 Å². The van der Waals surface area contributed by atoms with Crippen molar-refractivity contribution < 1.29 is 24.6 Å². The number of nitrogens with two attached hydrogens (primary N) is 4. The molecule has 150 valence electrons. The Hall–Kier alpha value is -1.46. The normalized spacial score (nSPS) is 12.0. The standard InChI is InChI=1S/C8H17N3O3.C6H14N2O2.ClH/c9-4-2-1-3-6(10)8(14)11-5-7(12)13;7-4-2-1-3-5(8)6(9)10;/h6H,1-5,9-10H2,(H,11,14)(H,12,13);5H,1-4,7-8H2,(H,9,10);1H. The van der Waals surface area contributed by atoms with Crippen LogP contribution in [0.4, 0.5) is 0 Å². The number of carboxylic acids is 2. The number of unbranched alkanes of at least 4 members (excludes halogenated alkanes) is 2. The van der Waals surface area contributed by atoms with Crippen molar-refractivity contribution in [2.75, 3.05) is 19.6 Å². The molecule has 0 radical (unpaired) electrons. The van der Waals surface area contributed by atoms with Crippen molar-refractivity contribution in [3.63, 3.8) is 0 Å². The highest BCUT2D eigenvalue weighted by Crippen LogP contribution is 1.98. The van der Waals surface area contributed by atoms with Crippen LogP contribution in [-0.4, -0.2) is 59.8 Å². The molecular weight excluding hydrogens is 354 g/mol. The van der Waals surface area contributed by atoms with Crippen LogP contribution in [0, 0.1) is 0 Å². The van der Waals surface area contributed by atoms with E-state index in [9.17, 15) is 14.4 Å². The van der Waals surface area contributed by atoms with E-state index in [2.05, 4.69) is 5.32 Å². The summed E-state index contributed by atoms with van der Waals surface area (Å²) in [6, 6.07) is -1.35. The zero-order valence-electron chi connectivity index (χ0n) is 14.4. The van der Waals surface area contributed by atoms with Gasteiger partial charge in [-0.3, -0.25) is 14.4 Å². The van der Waals surface area contributed by atoms with Gasteiger partial charge < -0.3 is 38.5 Å². The van der Waals surface area contributed by atoms with Gasteiger partial charge in [-0.25, -0.2) is 0 Å². The second-order valence-corrected chi connectivity index (χ2v) is 5.23. The number of carbonyl (C=O) groups is 3. The second kappa shape index (κ2) is 18.9. The largest absolute Gasteiger partial charge is 0.480 e. The zero-order valence-corrected chi connectivity index (χ0v) is 15.2. The number of carbonyl (C=O) groups excluding carboxylic acids is 1. The molecule has 0 saturated carbocycles. The minimum absolute atomic E-state index is 0. The highest BCUT2D eigenvalue weighted by atomic mass is 35.5. The molecule has 0 bridgehead atoms. The fraction of sp³-hybridized carbons (Fsp3) is 0.786. The Bertz CT molecular complexity index is 374. The Labute approximate surface area is 154 Å². The monoisotopic (exact) mass is 385 g/mol. The maximum atomic E-state index is 11.1. The van der Waals surface area contributed by atoms with Gasteiger partial charge in [-0.05, 0) is 38.8 Å². The van der Waals surface area contributed by atoms with Crippen molar-refractivity contribution in [2.24, 2.45) is 22.9 Å². The van der Waals surface area contributed by atoms with E-state index < -0.39 is 29.9 Å². The molecule has 11 N–H and O–H groups in total. The summed E-state index contributed by atoms with van der Waals surface area (Å²) in [6.45, 7) is 0.791. The van der Waals surface area contributed by atoms with Crippen LogP contribution in [0.5, 0.6) is 0 Å². The first kappa shape index (κ1) is 28.3. The SMILES string of the molecule is Cl.NCCCCC(N)C(=O)NCC(=O)O.NCCCCC(N)C(=O)O. The Kier molecular flexibility index (Phi) is 21.4. The Morgan fingerprint density at radius 1 is 0.840 bits per heavy atom. The highest BCUT2D eigenvalue weighted by molar-refractivity contribution is 5.85. The number of hydrogen-bond acceptors (Lipinski definition) is 7. The molecule has 0 aliphatic carbocycles. The second-order valence-electron chi connectivity index (χ2n) is 5.23. The van der Waals surface area contributed by atoms with Gasteiger partial charge in [0.2, 0.25) is 5.91 Å². The van der Waals surface area contributed by atoms with Gasteiger partial charge in [0.25, 0.3) is 0 Å². The molecule has 2 atom stereocenters. The number of nitrogens with one attached hydrogen (secondary N) is 1. The van der Waals surface area contributed by atoms with Crippen molar-refractivity contribution in [1.29, 1.82) is 0 Å². The van der Waals surface area contributed by atoms with Gasteiger partial charge in [0.15, 0.2) is 0 Å². The van der Waals surface area contributed by atoms with Crippen LogP contribution in [0.2, 0.25) is 0 Å². The lowest BCUT2D eigenvalue weighted by Gasteiger charge is -2.10. The van der Waals surface area contributed by atoms with Crippen LogP contribution in [0.1, 0.15) is 38.5 Å². The third-order valence-corrected chi connectivity index (χ3v) is 3.01. The Morgan fingerprint density at radius 2 is 1.28 bits per heavy atom. The first-order valence-electron chi connectivity index (χ1n) is 7.89. The van der Waals surface area contributed by atoms with Crippen LogP contribution >= 0.6 is 12.4 Å². The molecule has 0 spiro atoms. The third-order valence-electron chi connectivity index (χ3n) is 3.01. The first-order valence-corrected chi connectivity index (χ1v) is 7.89. The van der Waals surface area contributed by atoms with Crippen LogP contribution in [0.3, 0.4) is 0 Å². The molecule has 0 saturated heterocycles. The van der Waals surface area contributed by atoms with Gasteiger partial charge in [0.1, 0.15) is 12.6 Å². The van der Waals surface area contributed by atoms with E-state index in [0.29, 0.717) is 25.9 Å². The van der Waals surface area contributed by atoms with Gasteiger partial charge in [-0.2, -0.15) is 0 Å². The Morgan fingerprint density at radius 3 is 1.64 bits per heavy atom. The molecule has 0 aromatic carbocycles. The molecule has 1 amide bonds. The molecule has 0 aromatic rings. The predicted molar refractivity (Wildman–Crippen MR) is 97.3 cm³/mol. The predicted octanol–water partition coefficient (Wildman–Crippen LogP) is -1.41. The molecule has 2 unspecified atom stereocenters. The molecule has 0 heterocycles. The molecule has 11 heteroatoms. The Balaban J connectivity index is -0.000000392. The average Bonchev–Trinajstić information content (AvgIpc) is 2.53. The van der Waals surface area contributed by atoms with Crippen molar-refractivity contribution in [1.82, 2.24) is 5.32 Å². The summed E-state index contributed by atoms with van der Waals surface area (Å²) >= 11 is 0. The lowest BCUT2D eigenvalue weighted by Crippen LogP contribution is -2.42. The molecular formula is C14H32ClN5O5. The average molecular weight is 386 g/mol. The van der Waals surface area contributed by atoms with Crippen molar-refractivity contribution in [2.45, 2.75) is 50.6 Å². The molecule has 25 heavy (non-hydrogen) atoms. The van der Waals surface area contributed by atoms with Gasteiger partial charge in [0, 0.05) is 0 Å². The van der Waals surface area contributed by atoms with E-state index in [1.165, 1.54) is 0 Å². The summed E-state index contributed by atoms with van der Waals surface area (Å²) in [7, 11) is 0. The smallest absolute Gasteiger partial charge is 0.322 e. The number of halogens is 1. The summed E-state index contributed by atoms with van der Waals surface area (Å²) in [5.74, 6) is -2.44. The minimum Gasteiger partial charge on any atom is -0.480 e. The van der Waals surface area contributed by atoms with E-state index in [1.54, 1.807) is 0 Å². The summed E-state index contributed by atoms with van der Waals surface area (Å²) in [4.78, 5) is 31.4. The van der Waals surface area contributed by atoms with Gasteiger partial charge in [-0.1, -0.05) is 12.8 Å².